The Hall–Kier alpha value is -0.420. The van der Waals surface area contributed by atoms with Gasteiger partial charge in [-0.05, 0) is 55.5 Å². The van der Waals surface area contributed by atoms with Crippen molar-refractivity contribution >= 4 is 15.9 Å². The average Bonchev–Trinajstić information content (AvgIpc) is 2.84. The number of halogens is 1. The van der Waals surface area contributed by atoms with E-state index in [2.05, 4.69) is 39.4 Å². The molecule has 1 aromatic rings. The smallest absolute Gasteiger partial charge is 0.0700 e. The van der Waals surface area contributed by atoms with Gasteiger partial charge in [0, 0.05) is 24.2 Å². The molecule has 0 fully saturated rings. The monoisotopic (exact) mass is 341 g/mol. The molecule has 0 aliphatic heterocycles. The summed E-state index contributed by atoms with van der Waals surface area (Å²) in [6.45, 7) is 3.29. The molecule has 0 bridgehead atoms. The van der Waals surface area contributed by atoms with Gasteiger partial charge < -0.3 is 14.8 Å². The SMILES string of the molecule is COCCOCCCCNC1CCc2cc(Br)ccc21. The third-order valence-electron chi connectivity index (χ3n) is 3.72. The van der Waals surface area contributed by atoms with E-state index < -0.39 is 0 Å². The van der Waals surface area contributed by atoms with Crippen LogP contribution in [0.4, 0.5) is 0 Å². The van der Waals surface area contributed by atoms with Crippen LogP contribution < -0.4 is 5.32 Å². The van der Waals surface area contributed by atoms with Crippen LogP contribution in [0.2, 0.25) is 0 Å². The summed E-state index contributed by atoms with van der Waals surface area (Å²) >= 11 is 3.54. The molecule has 3 nitrogen and oxygen atoms in total. The van der Waals surface area contributed by atoms with Crippen LogP contribution >= 0.6 is 15.9 Å². The molecule has 0 spiro atoms. The lowest BCUT2D eigenvalue weighted by Gasteiger charge is -2.14. The molecule has 0 heterocycles. The fourth-order valence-corrected chi connectivity index (χ4v) is 3.06. The number of methoxy groups -OCH3 is 1. The van der Waals surface area contributed by atoms with Crippen molar-refractivity contribution in [3.8, 4) is 0 Å². The average molecular weight is 342 g/mol. The summed E-state index contributed by atoms with van der Waals surface area (Å²) in [6.07, 6.45) is 4.68. The summed E-state index contributed by atoms with van der Waals surface area (Å²) in [5.74, 6) is 0. The van der Waals surface area contributed by atoms with Crippen LogP contribution in [0.25, 0.3) is 0 Å². The van der Waals surface area contributed by atoms with Gasteiger partial charge >= 0.3 is 0 Å². The number of unbranched alkanes of at least 4 members (excludes halogenated alkanes) is 1. The standard InChI is InChI=1S/C16H24BrNO2/c1-19-10-11-20-9-3-2-8-18-16-7-4-13-12-14(17)5-6-15(13)16/h5-6,12,16,18H,2-4,7-11H2,1H3. The minimum absolute atomic E-state index is 0.535. The molecule has 1 aromatic carbocycles. The second-order valence-corrected chi connectivity index (χ2v) is 6.12. The Labute approximate surface area is 130 Å². The highest BCUT2D eigenvalue weighted by atomic mass is 79.9. The lowest BCUT2D eigenvalue weighted by atomic mass is 10.1. The Balaban J connectivity index is 1.60. The Kier molecular flexibility index (Phi) is 7.00. The zero-order valence-electron chi connectivity index (χ0n) is 12.2. The predicted molar refractivity (Wildman–Crippen MR) is 85.1 cm³/mol. The minimum atomic E-state index is 0.535. The lowest BCUT2D eigenvalue weighted by molar-refractivity contribution is 0.0687. The third kappa shape index (κ3) is 4.85. The van der Waals surface area contributed by atoms with Gasteiger partial charge in [0.05, 0.1) is 13.2 Å². The van der Waals surface area contributed by atoms with Crippen molar-refractivity contribution in [2.75, 3.05) is 33.5 Å². The maximum absolute atomic E-state index is 5.46. The van der Waals surface area contributed by atoms with Crippen LogP contribution in [0.15, 0.2) is 22.7 Å². The first-order valence-electron chi connectivity index (χ1n) is 7.39. The molecular formula is C16H24BrNO2. The Morgan fingerprint density at radius 1 is 1.25 bits per heavy atom. The highest BCUT2D eigenvalue weighted by Crippen LogP contribution is 2.32. The number of hydrogen-bond acceptors (Lipinski definition) is 3. The molecule has 1 N–H and O–H groups in total. The van der Waals surface area contributed by atoms with Crippen molar-refractivity contribution in [2.24, 2.45) is 0 Å². The van der Waals surface area contributed by atoms with E-state index in [4.69, 9.17) is 9.47 Å². The largest absolute Gasteiger partial charge is 0.382 e. The number of benzene rings is 1. The first-order valence-corrected chi connectivity index (χ1v) is 8.19. The normalized spacial score (nSPS) is 17.4. The molecule has 112 valence electrons. The van der Waals surface area contributed by atoms with E-state index in [0.29, 0.717) is 19.3 Å². The van der Waals surface area contributed by atoms with Gasteiger partial charge in [0.1, 0.15) is 0 Å². The number of fused-ring (bicyclic) bond motifs is 1. The van der Waals surface area contributed by atoms with E-state index in [1.165, 1.54) is 28.4 Å². The van der Waals surface area contributed by atoms with Crippen molar-refractivity contribution < 1.29 is 9.47 Å². The van der Waals surface area contributed by atoms with Crippen LogP contribution in [0.1, 0.15) is 36.4 Å². The fraction of sp³-hybridized carbons (Fsp3) is 0.625. The Bertz CT molecular complexity index is 411. The van der Waals surface area contributed by atoms with E-state index in [1.807, 2.05) is 0 Å². The number of aryl methyl sites for hydroxylation is 1. The van der Waals surface area contributed by atoms with Crippen molar-refractivity contribution in [1.29, 1.82) is 0 Å². The summed E-state index contributed by atoms with van der Waals surface area (Å²) in [6, 6.07) is 7.17. The van der Waals surface area contributed by atoms with Crippen LogP contribution in [0.5, 0.6) is 0 Å². The van der Waals surface area contributed by atoms with E-state index >= 15 is 0 Å². The van der Waals surface area contributed by atoms with Crippen LogP contribution in [0.3, 0.4) is 0 Å². The minimum Gasteiger partial charge on any atom is -0.382 e. The summed E-state index contributed by atoms with van der Waals surface area (Å²) in [5, 5.41) is 3.66. The van der Waals surface area contributed by atoms with Crippen molar-refractivity contribution in [1.82, 2.24) is 5.32 Å². The van der Waals surface area contributed by atoms with Crippen molar-refractivity contribution in [2.45, 2.75) is 31.7 Å². The van der Waals surface area contributed by atoms with Gasteiger partial charge in [-0.1, -0.05) is 22.0 Å². The fourth-order valence-electron chi connectivity index (χ4n) is 2.65. The number of hydrogen-bond donors (Lipinski definition) is 1. The molecule has 1 aliphatic rings. The zero-order chi connectivity index (χ0) is 14.2. The molecule has 2 rings (SSSR count). The van der Waals surface area contributed by atoms with Crippen LogP contribution in [-0.4, -0.2) is 33.5 Å². The molecule has 4 heteroatoms. The Morgan fingerprint density at radius 2 is 2.15 bits per heavy atom. The van der Waals surface area contributed by atoms with Gasteiger partial charge in [0.25, 0.3) is 0 Å². The highest BCUT2D eigenvalue weighted by molar-refractivity contribution is 9.10. The predicted octanol–water partition coefficient (Wildman–Crippen LogP) is 3.47. The number of rotatable bonds is 9. The molecule has 1 unspecified atom stereocenters. The van der Waals surface area contributed by atoms with Gasteiger partial charge in [-0.15, -0.1) is 0 Å². The molecule has 0 amide bonds. The second-order valence-electron chi connectivity index (χ2n) is 5.20. The molecule has 0 aromatic heterocycles. The van der Waals surface area contributed by atoms with Gasteiger partial charge in [-0.25, -0.2) is 0 Å². The van der Waals surface area contributed by atoms with E-state index in [-0.39, 0.29) is 0 Å². The maximum Gasteiger partial charge on any atom is 0.0700 e. The van der Waals surface area contributed by atoms with Crippen LogP contribution in [-0.2, 0) is 15.9 Å². The zero-order valence-corrected chi connectivity index (χ0v) is 13.7. The topological polar surface area (TPSA) is 30.5 Å². The second kappa shape index (κ2) is 8.78. The van der Waals surface area contributed by atoms with Crippen molar-refractivity contribution in [3.05, 3.63) is 33.8 Å². The molecule has 1 aliphatic carbocycles. The Morgan fingerprint density at radius 3 is 3.00 bits per heavy atom. The summed E-state index contributed by atoms with van der Waals surface area (Å²) in [5.41, 5.74) is 2.96. The maximum atomic E-state index is 5.46. The van der Waals surface area contributed by atoms with Gasteiger partial charge in [0.2, 0.25) is 0 Å². The van der Waals surface area contributed by atoms with E-state index in [1.54, 1.807) is 7.11 Å². The number of nitrogens with one attached hydrogen (secondary N) is 1. The number of ether oxygens (including phenoxy) is 2. The van der Waals surface area contributed by atoms with Crippen LogP contribution in [0, 0.1) is 0 Å². The molecule has 20 heavy (non-hydrogen) atoms. The third-order valence-corrected chi connectivity index (χ3v) is 4.21. The molecule has 0 radical (unpaired) electrons. The first-order chi connectivity index (χ1) is 9.81. The lowest BCUT2D eigenvalue weighted by Crippen LogP contribution is -2.20. The highest BCUT2D eigenvalue weighted by Gasteiger charge is 2.21. The molecule has 0 saturated carbocycles. The summed E-state index contributed by atoms with van der Waals surface area (Å²) in [4.78, 5) is 0. The van der Waals surface area contributed by atoms with Gasteiger partial charge in [-0.3, -0.25) is 0 Å². The molecule has 1 atom stereocenters. The van der Waals surface area contributed by atoms with E-state index in [9.17, 15) is 0 Å². The summed E-state index contributed by atoms with van der Waals surface area (Å²) < 4.78 is 11.6. The molecular weight excluding hydrogens is 318 g/mol. The molecule has 0 saturated heterocycles. The van der Waals surface area contributed by atoms with Crippen molar-refractivity contribution in [3.63, 3.8) is 0 Å². The first kappa shape index (κ1) is 16.0. The summed E-state index contributed by atoms with van der Waals surface area (Å²) in [7, 11) is 1.70. The van der Waals surface area contributed by atoms with Gasteiger partial charge in [0.15, 0.2) is 0 Å². The van der Waals surface area contributed by atoms with E-state index in [0.717, 1.165) is 26.0 Å². The van der Waals surface area contributed by atoms with Gasteiger partial charge in [-0.2, -0.15) is 0 Å². The quantitative estimate of drug-likeness (QED) is 0.697.